The van der Waals surface area contributed by atoms with Gasteiger partial charge in [0.05, 0.1) is 23.6 Å². The van der Waals surface area contributed by atoms with Gasteiger partial charge in [0.2, 0.25) is 0 Å². The first kappa shape index (κ1) is 15.2. The van der Waals surface area contributed by atoms with Crippen molar-refractivity contribution < 1.29 is 9.53 Å². The van der Waals surface area contributed by atoms with Gasteiger partial charge in [-0.2, -0.15) is 0 Å². The molecule has 0 bridgehead atoms. The fraction of sp³-hybridized carbons (Fsp3) is 0.211. The van der Waals surface area contributed by atoms with E-state index in [2.05, 4.69) is 0 Å². The third-order valence-electron chi connectivity index (χ3n) is 3.64. The molecule has 4 nitrogen and oxygen atoms in total. The van der Waals surface area contributed by atoms with Gasteiger partial charge in [0.15, 0.2) is 0 Å². The molecule has 0 aromatic heterocycles. The van der Waals surface area contributed by atoms with Crippen LogP contribution in [0.2, 0.25) is 0 Å². The fourth-order valence-electron chi connectivity index (χ4n) is 2.76. The van der Waals surface area contributed by atoms with Crippen molar-refractivity contribution in [3.63, 3.8) is 0 Å². The Labute approximate surface area is 136 Å². The van der Waals surface area contributed by atoms with Gasteiger partial charge in [0.25, 0.3) is 5.91 Å². The summed E-state index contributed by atoms with van der Waals surface area (Å²) in [5.41, 5.74) is 3.37. The zero-order valence-corrected chi connectivity index (χ0v) is 13.6. The molecule has 0 radical (unpaired) electrons. The Bertz CT molecular complexity index is 765. The highest BCUT2D eigenvalue weighted by Crippen LogP contribution is 2.41. The van der Waals surface area contributed by atoms with Crippen molar-refractivity contribution in [2.75, 3.05) is 25.6 Å². The smallest absolute Gasteiger partial charge is 0.265 e. The molecular formula is C19H20N2O2. The number of carbonyl (C=O) groups is 1. The van der Waals surface area contributed by atoms with E-state index in [1.54, 1.807) is 4.90 Å². The van der Waals surface area contributed by atoms with E-state index >= 15 is 0 Å². The van der Waals surface area contributed by atoms with Crippen molar-refractivity contribution in [2.24, 2.45) is 0 Å². The molecule has 0 unspecified atom stereocenters. The van der Waals surface area contributed by atoms with Gasteiger partial charge < -0.3 is 9.64 Å². The number of hydrogen-bond acceptors (Lipinski definition) is 3. The monoisotopic (exact) mass is 308 g/mol. The maximum Gasteiger partial charge on any atom is 0.265 e. The largest absolute Gasteiger partial charge is 0.494 e. The lowest BCUT2D eigenvalue weighted by molar-refractivity contribution is -0.112. The minimum absolute atomic E-state index is 0.0199. The Hall–Kier alpha value is -2.75. The quantitative estimate of drug-likeness (QED) is 0.808. The molecule has 1 amide bonds. The molecule has 3 rings (SSSR count). The molecule has 0 saturated carbocycles. The van der Waals surface area contributed by atoms with E-state index in [1.807, 2.05) is 80.6 Å². The average Bonchev–Trinajstić information content (AvgIpc) is 2.80. The summed E-state index contributed by atoms with van der Waals surface area (Å²) < 4.78 is 5.56. The zero-order chi connectivity index (χ0) is 16.4. The Morgan fingerprint density at radius 1 is 1.13 bits per heavy atom. The van der Waals surface area contributed by atoms with Crippen LogP contribution in [0.15, 0.2) is 54.7 Å². The van der Waals surface area contributed by atoms with Crippen LogP contribution in [0.25, 0.3) is 5.57 Å². The third kappa shape index (κ3) is 2.80. The number of para-hydroxylation sites is 1. The van der Waals surface area contributed by atoms with Gasteiger partial charge >= 0.3 is 0 Å². The van der Waals surface area contributed by atoms with Crippen LogP contribution in [-0.2, 0) is 4.79 Å². The van der Waals surface area contributed by atoms with E-state index in [0.717, 1.165) is 22.7 Å². The van der Waals surface area contributed by atoms with E-state index in [1.165, 1.54) is 0 Å². The van der Waals surface area contributed by atoms with Crippen LogP contribution in [0.5, 0.6) is 5.75 Å². The summed E-state index contributed by atoms with van der Waals surface area (Å²) in [6.45, 7) is 2.54. The van der Waals surface area contributed by atoms with Crippen molar-refractivity contribution in [3.05, 3.63) is 60.3 Å². The van der Waals surface area contributed by atoms with E-state index in [9.17, 15) is 4.79 Å². The number of rotatable bonds is 4. The SMILES string of the molecule is CCOc1cccc(N2C(=O)/C(=C\N(C)C)c3ccccc32)c1. The van der Waals surface area contributed by atoms with Gasteiger partial charge in [-0.1, -0.05) is 24.3 Å². The fourth-order valence-corrected chi connectivity index (χ4v) is 2.76. The lowest BCUT2D eigenvalue weighted by Gasteiger charge is -2.18. The first-order valence-electron chi connectivity index (χ1n) is 7.66. The van der Waals surface area contributed by atoms with E-state index in [0.29, 0.717) is 12.2 Å². The van der Waals surface area contributed by atoms with Crippen LogP contribution in [0.4, 0.5) is 11.4 Å². The highest BCUT2D eigenvalue weighted by molar-refractivity contribution is 6.34. The van der Waals surface area contributed by atoms with Crippen molar-refractivity contribution in [1.82, 2.24) is 4.90 Å². The van der Waals surface area contributed by atoms with Gasteiger partial charge in [-0.3, -0.25) is 9.69 Å². The summed E-state index contributed by atoms with van der Waals surface area (Å²) >= 11 is 0. The van der Waals surface area contributed by atoms with Crippen molar-refractivity contribution in [2.45, 2.75) is 6.92 Å². The summed E-state index contributed by atoms with van der Waals surface area (Å²) in [5.74, 6) is 0.744. The van der Waals surface area contributed by atoms with E-state index < -0.39 is 0 Å². The molecule has 0 N–H and O–H groups in total. The third-order valence-corrected chi connectivity index (χ3v) is 3.64. The molecule has 0 saturated heterocycles. The van der Waals surface area contributed by atoms with Crippen LogP contribution >= 0.6 is 0 Å². The lowest BCUT2D eigenvalue weighted by atomic mass is 10.1. The molecular weight excluding hydrogens is 288 g/mol. The van der Waals surface area contributed by atoms with Gasteiger partial charge in [-0.25, -0.2) is 0 Å². The molecule has 1 heterocycles. The number of anilines is 2. The minimum atomic E-state index is -0.0199. The summed E-state index contributed by atoms with van der Waals surface area (Å²) in [7, 11) is 3.84. The number of hydrogen-bond donors (Lipinski definition) is 0. The molecule has 0 atom stereocenters. The van der Waals surface area contributed by atoms with Crippen molar-refractivity contribution in [1.29, 1.82) is 0 Å². The predicted molar refractivity (Wildman–Crippen MR) is 92.9 cm³/mol. The van der Waals surface area contributed by atoms with Gasteiger partial charge in [-0.15, -0.1) is 0 Å². The zero-order valence-electron chi connectivity index (χ0n) is 13.6. The number of nitrogens with zero attached hydrogens (tertiary/aromatic N) is 2. The molecule has 1 aliphatic rings. The molecule has 0 aliphatic carbocycles. The summed E-state index contributed by atoms with van der Waals surface area (Å²) in [5, 5.41) is 0. The summed E-state index contributed by atoms with van der Waals surface area (Å²) in [4.78, 5) is 16.6. The second-order valence-corrected chi connectivity index (χ2v) is 5.59. The van der Waals surface area contributed by atoms with Crippen molar-refractivity contribution in [3.8, 4) is 5.75 Å². The van der Waals surface area contributed by atoms with E-state index in [-0.39, 0.29) is 5.91 Å². The second-order valence-electron chi connectivity index (χ2n) is 5.59. The molecule has 118 valence electrons. The number of amides is 1. The van der Waals surface area contributed by atoms with Crippen LogP contribution in [0.3, 0.4) is 0 Å². The summed E-state index contributed by atoms with van der Waals surface area (Å²) in [6, 6.07) is 15.5. The Kier molecular flexibility index (Phi) is 4.06. The topological polar surface area (TPSA) is 32.8 Å². The molecule has 0 fully saturated rings. The van der Waals surface area contributed by atoms with Gasteiger partial charge in [0.1, 0.15) is 5.75 Å². The Balaban J connectivity index is 2.10. The standard InChI is InChI=1S/C19H20N2O2/c1-4-23-15-9-7-8-14(12-15)21-18-11-6-5-10-16(18)17(19(21)22)13-20(2)3/h5-13H,4H2,1-3H3/b17-13-. The maximum atomic E-state index is 13.0. The number of benzene rings is 2. The normalized spacial score (nSPS) is 15.0. The van der Waals surface area contributed by atoms with Crippen LogP contribution in [0.1, 0.15) is 12.5 Å². The van der Waals surface area contributed by atoms with Crippen LogP contribution < -0.4 is 9.64 Å². The highest BCUT2D eigenvalue weighted by atomic mass is 16.5. The first-order chi connectivity index (χ1) is 11.1. The minimum Gasteiger partial charge on any atom is -0.494 e. The molecule has 0 spiro atoms. The maximum absolute atomic E-state index is 13.0. The molecule has 4 heteroatoms. The predicted octanol–water partition coefficient (Wildman–Crippen LogP) is 3.67. The van der Waals surface area contributed by atoms with Crippen LogP contribution in [-0.4, -0.2) is 31.5 Å². The van der Waals surface area contributed by atoms with E-state index in [4.69, 9.17) is 4.74 Å². The second kappa shape index (κ2) is 6.16. The molecule has 2 aromatic rings. The molecule has 1 aliphatic heterocycles. The van der Waals surface area contributed by atoms with Gasteiger partial charge in [0, 0.05) is 31.9 Å². The molecule has 2 aromatic carbocycles. The first-order valence-corrected chi connectivity index (χ1v) is 7.66. The average molecular weight is 308 g/mol. The summed E-state index contributed by atoms with van der Waals surface area (Å²) in [6.07, 6.45) is 1.87. The Morgan fingerprint density at radius 3 is 2.65 bits per heavy atom. The number of ether oxygens (including phenoxy) is 1. The van der Waals surface area contributed by atoms with Crippen molar-refractivity contribution >= 4 is 22.9 Å². The lowest BCUT2D eigenvalue weighted by Crippen LogP contribution is -2.21. The number of fused-ring (bicyclic) bond motifs is 1. The Morgan fingerprint density at radius 2 is 1.91 bits per heavy atom. The molecule has 23 heavy (non-hydrogen) atoms. The van der Waals surface area contributed by atoms with Gasteiger partial charge in [-0.05, 0) is 25.1 Å². The van der Waals surface area contributed by atoms with Crippen LogP contribution in [0, 0.1) is 0 Å². The number of carbonyl (C=O) groups excluding carboxylic acids is 1. The highest BCUT2D eigenvalue weighted by Gasteiger charge is 2.33.